The summed E-state index contributed by atoms with van der Waals surface area (Å²) in [4.78, 5) is 29.5. The van der Waals surface area contributed by atoms with Gasteiger partial charge in [0.2, 0.25) is 11.8 Å². The highest BCUT2D eigenvalue weighted by Crippen LogP contribution is 2.33. The Morgan fingerprint density at radius 1 is 1.00 bits per heavy atom. The number of benzene rings is 3. The average molecular weight is 661 g/mol. The fraction of sp³-hybridized carbons (Fsp3) is 0.394. The number of rotatable bonds is 12. The SMILES string of the molecule is CC[C@H](C(=O)NC1CCCCC1)N(Cc1ccc(Cl)cc1Cl)C(=O)CN(c1ccccc1OC)S(=O)(=O)c1ccc(C)cc1. The molecular weight excluding hydrogens is 621 g/mol. The van der Waals surface area contributed by atoms with Crippen LogP contribution in [-0.2, 0) is 26.2 Å². The maximum Gasteiger partial charge on any atom is 0.264 e. The first-order valence-electron chi connectivity index (χ1n) is 14.8. The van der Waals surface area contributed by atoms with Gasteiger partial charge in [-0.25, -0.2) is 8.42 Å². The molecule has 3 aromatic rings. The third-order valence-corrected chi connectivity index (χ3v) is 10.3. The molecule has 4 rings (SSSR count). The van der Waals surface area contributed by atoms with Crippen LogP contribution in [0.1, 0.15) is 56.6 Å². The van der Waals surface area contributed by atoms with E-state index in [1.54, 1.807) is 54.6 Å². The van der Waals surface area contributed by atoms with Gasteiger partial charge < -0.3 is 15.0 Å². The highest BCUT2D eigenvalue weighted by molar-refractivity contribution is 7.92. The lowest BCUT2D eigenvalue weighted by molar-refractivity contribution is -0.140. The Balaban J connectivity index is 1.75. The predicted molar refractivity (Wildman–Crippen MR) is 175 cm³/mol. The zero-order valence-corrected chi connectivity index (χ0v) is 27.6. The molecule has 0 spiro atoms. The van der Waals surface area contributed by atoms with E-state index in [1.807, 2.05) is 13.8 Å². The Hall–Kier alpha value is -3.27. The molecule has 11 heteroatoms. The molecule has 1 atom stereocenters. The van der Waals surface area contributed by atoms with Crippen LogP contribution >= 0.6 is 23.2 Å². The van der Waals surface area contributed by atoms with Crippen molar-refractivity contribution in [3.8, 4) is 5.75 Å². The zero-order chi connectivity index (χ0) is 31.9. The van der Waals surface area contributed by atoms with Gasteiger partial charge in [0.05, 0.1) is 17.7 Å². The van der Waals surface area contributed by atoms with Crippen LogP contribution in [0.15, 0.2) is 71.6 Å². The zero-order valence-electron chi connectivity index (χ0n) is 25.3. The molecule has 0 unspecified atom stereocenters. The van der Waals surface area contributed by atoms with E-state index in [-0.39, 0.29) is 34.8 Å². The smallest absolute Gasteiger partial charge is 0.264 e. The van der Waals surface area contributed by atoms with E-state index >= 15 is 0 Å². The van der Waals surface area contributed by atoms with Gasteiger partial charge in [-0.3, -0.25) is 13.9 Å². The molecule has 2 amide bonds. The van der Waals surface area contributed by atoms with Crippen molar-refractivity contribution in [2.24, 2.45) is 0 Å². The first kappa shape index (κ1) is 33.6. The number of nitrogens with one attached hydrogen (secondary N) is 1. The lowest BCUT2D eigenvalue weighted by Gasteiger charge is -2.35. The summed E-state index contributed by atoms with van der Waals surface area (Å²) in [5.74, 6) is -0.559. The number of amides is 2. The second kappa shape index (κ2) is 15.1. The maximum atomic E-state index is 14.4. The van der Waals surface area contributed by atoms with Crippen LogP contribution in [0.4, 0.5) is 5.69 Å². The number of nitrogens with zero attached hydrogens (tertiary/aromatic N) is 2. The van der Waals surface area contributed by atoms with E-state index in [2.05, 4.69) is 5.32 Å². The largest absolute Gasteiger partial charge is 0.495 e. The Morgan fingerprint density at radius 3 is 2.32 bits per heavy atom. The summed E-state index contributed by atoms with van der Waals surface area (Å²) in [6, 6.07) is 17.2. The van der Waals surface area contributed by atoms with Crippen LogP contribution in [0, 0.1) is 6.92 Å². The molecule has 0 radical (unpaired) electrons. The minimum atomic E-state index is -4.23. The second-order valence-electron chi connectivity index (χ2n) is 11.0. The minimum Gasteiger partial charge on any atom is -0.495 e. The number of methoxy groups -OCH3 is 1. The van der Waals surface area contributed by atoms with Gasteiger partial charge in [-0.2, -0.15) is 0 Å². The van der Waals surface area contributed by atoms with Crippen molar-refractivity contribution in [1.29, 1.82) is 0 Å². The number of sulfonamides is 1. The van der Waals surface area contributed by atoms with E-state index in [4.69, 9.17) is 27.9 Å². The van der Waals surface area contributed by atoms with Crippen molar-refractivity contribution in [3.05, 3.63) is 87.9 Å². The van der Waals surface area contributed by atoms with Crippen molar-refractivity contribution >= 4 is 50.7 Å². The standard InChI is InChI=1S/C33H39Cl2N3O5S/c1-4-29(33(40)36-26-10-6-5-7-11-26)37(21-24-16-17-25(34)20-28(24)35)32(39)22-38(30-12-8-9-13-31(30)43-3)44(41,42)27-18-14-23(2)15-19-27/h8-9,12-20,26,29H,4-7,10-11,21-22H2,1-3H3,(H,36,40)/t29-/m1/s1. The summed E-state index contributed by atoms with van der Waals surface area (Å²) in [6.07, 6.45) is 5.29. The van der Waals surface area contributed by atoms with Gasteiger partial charge in [0.25, 0.3) is 10.0 Å². The molecule has 8 nitrogen and oxygen atoms in total. The summed E-state index contributed by atoms with van der Waals surface area (Å²) in [5.41, 5.74) is 1.68. The van der Waals surface area contributed by atoms with Crippen molar-refractivity contribution in [1.82, 2.24) is 10.2 Å². The Labute approximate surface area is 270 Å². The number of para-hydroxylation sites is 2. The van der Waals surface area contributed by atoms with Crippen LogP contribution in [-0.4, -0.2) is 50.9 Å². The van der Waals surface area contributed by atoms with Gasteiger partial charge in [0.1, 0.15) is 18.3 Å². The van der Waals surface area contributed by atoms with Gasteiger partial charge in [-0.15, -0.1) is 0 Å². The van der Waals surface area contributed by atoms with Crippen molar-refractivity contribution in [3.63, 3.8) is 0 Å². The number of ether oxygens (including phenoxy) is 1. The number of hydrogen-bond donors (Lipinski definition) is 1. The molecule has 0 heterocycles. The topological polar surface area (TPSA) is 96.0 Å². The molecule has 0 aromatic heterocycles. The summed E-state index contributed by atoms with van der Waals surface area (Å²) < 4.78 is 34.8. The van der Waals surface area contributed by atoms with Crippen LogP contribution in [0.25, 0.3) is 0 Å². The number of carbonyl (C=O) groups is 2. The van der Waals surface area contributed by atoms with Crippen molar-refractivity contribution < 1.29 is 22.7 Å². The molecular formula is C33H39Cl2N3O5S. The highest BCUT2D eigenvalue weighted by atomic mass is 35.5. The molecule has 1 N–H and O–H groups in total. The van der Waals surface area contributed by atoms with E-state index in [1.165, 1.54) is 24.1 Å². The summed E-state index contributed by atoms with van der Waals surface area (Å²) in [6.45, 7) is 3.10. The number of halogens is 2. The molecule has 0 aliphatic heterocycles. The molecule has 1 aliphatic carbocycles. The normalized spacial score (nSPS) is 14.5. The van der Waals surface area contributed by atoms with E-state index < -0.39 is 28.5 Å². The molecule has 0 saturated heterocycles. The van der Waals surface area contributed by atoms with Gasteiger partial charge in [-0.05, 0) is 68.1 Å². The van der Waals surface area contributed by atoms with Crippen LogP contribution in [0.3, 0.4) is 0 Å². The first-order chi connectivity index (χ1) is 21.0. The summed E-state index contributed by atoms with van der Waals surface area (Å²) in [7, 11) is -2.79. The fourth-order valence-electron chi connectivity index (χ4n) is 5.48. The van der Waals surface area contributed by atoms with Crippen LogP contribution in [0.5, 0.6) is 5.75 Å². The fourth-order valence-corrected chi connectivity index (χ4v) is 7.38. The first-order valence-corrected chi connectivity index (χ1v) is 17.0. The molecule has 1 aliphatic rings. The van der Waals surface area contributed by atoms with Crippen molar-refractivity contribution in [2.45, 2.75) is 75.9 Å². The third-order valence-electron chi connectivity index (χ3n) is 7.93. The quantitative estimate of drug-likeness (QED) is 0.232. The molecule has 44 heavy (non-hydrogen) atoms. The number of carbonyl (C=O) groups excluding carboxylic acids is 2. The predicted octanol–water partition coefficient (Wildman–Crippen LogP) is 6.76. The lowest BCUT2D eigenvalue weighted by atomic mass is 9.95. The molecule has 3 aromatic carbocycles. The Bertz CT molecular complexity index is 1560. The van der Waals surface area contributed by atoms with Crippen LogP contribution in [0.2, 0.25) is 10.0 Å². The molecule has 1 saturated carbocycles. The summed E-state index contributed by atoms with van der Waals surface area (Å²) >= 11 is 12.7. The van der Waals surface area contributed by atoms with Gasteiger partial charge in [0.15, 0.2) is 0 Å². The Morgan fingerprint density at radius 2 is 1.68 bits per heavy atom. The Kier molecular flexibility index (Phi) is 11.6. The second-order valence-corrected chi connectivity index (χ2v) is 13.7. The van der Waals surface area contributed by atoms with E-state index in [0.29, 0.717) is 22.0 Å². The van der Waals surface area contributed by atoms with Gasteiger partial charge in [-0.1, -0.05) is 85.3 Å². The van der Waals surface area contributed by atoms with Crippen molar-refractivity contribution in [2.75, 3.05) is 18.0 Å². The summed E-state index contributed by atoms with van der Waals surface area (Å²) in [5, 5.41) is 3.92. The number of anilines is 1. The minimum absolute atomic E-state index is 0.0181. The van der Waals surface area contributed by atoms with Crippen LogP contribution < -0.4 is 14.4 Å². The lowest BCUT2D eigenvalue weighted by Crippen LogP contribution is -2.54. The van der Waals surface area contributed by atoms with E-state index in [0.717, 1.165) is 42.0 Å². The van der Waals surface area contributed by atoms with E-state index in [9.17, 15) is 18.0 Å². The highest BCUT2D eigenvalue weighted by Gasteiger charge is 2.35. The number of aryl methyl sites for hydroxylation is 1. The molecule has 0 bridgehead atoms. The number of hydrogen-bond acceptors (Lipinski definition) is 5. The monoisotopic (exact) mass is 659 g/mol. The average Bonchev–Trinajstić information content (AvgIpc) is 3.01. The molecule has 1 fully saturated rings. The maximum absolute atomic E-state index is 14.4. The van der Waals surface area contributed by atoms with Gasteiger partial charge in [0, 0.05) is 22.6 Å². The van der Waals surface area contributed by atoms with Gasteiger partial charge >= 0.3 is 0 Å². The molecule has 236 valence electrons. The third kappa shape index (κ3) is 8.06.